The van der Waals surface area contributed by atoms with E-state index in [1.54, 1.807) is 7.11 Å². The highest BCUT2D eigenvalue weighted by Gasteiger charge is 2.09. The molecule has 0 radical (unpaired) electrons. The van der Waals surface area contributed by atoms with E-state index in [0.29, 0.717) is 13.2 Å². The number of hydrogen-bond acceptors (Lipinski definition) is 4. The Morgan fingerprint density at radius 2 is 1.91 bits per heavy atom. The Hall–Kier alpha value is -2.61. The molecule has 0 heterocycles. The van der Waals surface area contributed by atoms with Crippen molar-refractivity contribution in [3.63, 3.8) is 0 Å². The molecule has 0 aliphatic rings. The summed E-state index contributed by atoms with van der Waals surface area (Å²) >= 11 is 0. The van der Waals surface area contributed by atoms with Gasteiger partial charge in [0.2, 0.25) is 0 Å². The van der Waals surface area contributed by atoms with Crippen molar-refractivity contribution in [2.45, 2.75) is 27.4 Å². The van der Waals surface area contributed by atoms with Crippen molar-refractivity contribution in [1.82, 2.24) is 0 Å². The number of carboxylic acid groups (broad SMARTS) is 1. The maximum atomic E-state index is 11.0. The predicted octanol–water partition coefficient (Wildman–Crippen LogP) is 3.20. The first-order valence-corrected chi connectivity index (χ1v) is 7.26. The molecule has 23 heavy (non-hydrogen) atoms. The zero-order valence-electron chi connectivity index (χ0n) is 13.9. The van der Waals surface area contributed by atoms with Crippen LogP contribution in [0.4, 0.5) is 0 Å². The van der Waals surface area contributed by atoms with Crippen molar-refractivity contribution in [3.05, 3.63) is 41.2 Å². The van der Waals surface area contributed by atoms with Crippen molar-refractivity contribution < 1.29 is 24.1 Å². The predicted molar refractivity (Wildman–Crippen MR) is 86.7 cm³/mol. The monoisotopic (exact) mass is 318 g/mol. The van der Waals surface area contributed by atoms with E-state index in [2.05, 4.69) is 12.0 Å². The Bertz CT molecular complexity index is 603. The number of rotatable bonds is 7. The molecule has 1 aromatic rings. The van der Waals surface area contributed by atoms with Crippen molar-refractivity contribution in [3.8, 4) is 17.8 Å². The lowest BCUT2D eigenvalue weighted by atomic mass is 10.2. The Labute approximate surface area is 136 Å². The first-order chi connectivity index (χ1) is 10.9. The van der Waals surface area contributed by atoms with Crippen molar-refractivity contribution >= 4 is 5.97 Å². The molecular formula is C18H22O5. The van der Waals surface area contributed by atoms with Gasteiger partial charge in [0.15, 0.2) is 5.76 Å². The molecule has 0 saturated carbocycles. The van der Waals surface area contributed by atoms with Crippen LogP contribution < -0.4 is 4.74 Å². The van der Waals surface area contributed by atoms with Gasteiger partial charge in [0.25, 0.3) is 0 Å². The zero-order chi connectivity index (χ0) is 17.2. The SMILES string of the molecule is COc1ccc(COC#C/C(OCC(C)C)=C(/C)C(=O)O)cc1. The number of methoxy groups -OCH3 is 1. The van der Waals surface area contributed by atoms with Gasteiger partial charge in [-0.05, 0) is 30.5 Å². The molecule has 5 nitrogen and oxygen atoms in total. The summed E-state index contributed by atoms with van der Waals surface area (Å²) < 4.78 is 15.8. The molecule has 1 rings (SSSR count). The number of ether oxygens (including phenoxy) is 3. The second-order valence-electron chi connectivity index (χ2n) is 5.33. The van der Waals surface area contributed by atoms with Gasteiger partial charge in [0, 0.05) is 5.92 Å². The second kappa shape index (κ2) is 9.42. The molecule has 124 valence electrons. The normalized spacial score (nSPS) is 11.2. The molecule has 0 fully saturated rings. The first kappa shape index (κ1) is 18.4. The Balaban J connectivity index is 2.67. The van der Waals surface area contributed by atoms with E-state index < -0.39 is 5.97 Å². The van der Waals surface area contributed by atoms with Crippen LogP contribution in [0.15, 0.2) is 35.6 Å². The summed E-state index contributed by atoms with van der Waals surface area (Å²) in [7, 11) is 1.60. The van der Waals surface area contributed by atoms with Crippen LogP contribution in [0.3, 0.4) is 0 Å². The Morgan fingerprint density at radius 3 is 2.43 bits per heavy atom. The van der Waals surface area contributed by atoms with Gasteiger partial charge >= 0.3 is 5.97 Å². The molecule has 0 aliphatic carbocycles. The Kier molecular flexibility index (Phi) is 7.55. The molecule has 0 unspecified atom stereocenters. The van der Waals surface area contributed by atoms with Crippen LogP contribution in [0.25, 0.3) is 0 Å². The van der Waals surface area contributed by atoms with Gasteiger partial charge in [0.05, 0.1) is 19.3 Å². The highest BCUT2D eigenvalue weighted by Crippen LogP contribution is 2.12. The molecule has 0 bridgehead atoms. The van der Waals surface area contributed by atoms with Crippen molar-refractivity contribution in [2.24, 2.45) is 5.92 Å². The molecule has 0 aliphatic heterocycles. The molecule has 0 amide bonds. The summed E-state index contributed by atoms with van der Waals surface area (Å²) in [5, 5.41) is 9.04. The highest BCUT2D eigenvalue weighted by atomic mass is 16.5. The van der Waals surface area contributed by atoms with E-state index in [1.165, 1.54) is 6.92 Å². The van der Waals surface area contributed by atoms with Crippen molar-refractivity contribution in [1.29, 1.82) is 0 Å². The maximum Gasteiger partial charge on any atom is 0.335 e. The van der Waals surface area contributed by atoms with Crippen LogP contribution in [0.1, 0.15) is 26.3 Å². The van der Waals surface area contributed by atoms with Crippen LogP contribution in [0.5, 0.6) is 5.75 Å². The summed E-state index contributed by atoms with van der Waals surface area (Å²) in [5.74, 6) is 2.73. The van der Waals surface area contributed by atoms with Crippen LogP contribution in [-0.2, 0) is 20.9 Å². The number of benzene rings is 1. The summed E-state index contributed by atoms with van der Waals surface area (Å²) in [6.45, 7) is 6.09. The zero-order valence-corrected chi connectivity index (χ0v) is 13.9. The fraction of sp³-hybridized carbons (Fsp3) is 0.389. The van der Waals surface area contributed by atoms with Crippen LogP contribution in [-0.4, -0.2) is 24.8 Å². The highest BCUT2D eigenvalue weighted by molar-refractivity contribution is 5.87. The van der Waals surface area contributed by atoms with E-state index in [4.69, 9.17) is 19.3 Å². The van der Waals surface area contributed by atoms with Crippen LogP contribution in [0, 0.1) is 17.9 Å². The number of aliphatic carboxylic acids is 1. The van der Waals surface area contributed by atoms with E-state index in [9.17, 15) is 4.79 Å². The van der Waals surface area contributed by atoms with Crippen LogP contribution >= 0.6 is 0 Å². The first-order valence-electron chi connectivity index (χ1n) is 7.26. The van der Waals surface area contributed by atoms with Gasteiger partial charge in [-0.15, -0.1) is 0 Å². The number of carboxylic acids is 1. The minimum Gasteiger partial charge on any atom is -0.497 e. The van der Waals surface area contributed by atoms with E-state index in [0.717, 1.165) is 11.3 Å². The molecule has 1 aromatic carbocycles. The molecule has 0 atom stereocenters. The molecule has 1 N–H and O–H groups in total. The average molecular weight is 318 g/mol. The third-order valence-corrected chi connectivity index (χ3v) is 2.86. The molecular weight excluding hydrogens is 296 g/mol. The fourth-order valence-electron chi connectivity index (χ4n) is 1.51. The van der Waals surface area contributed by atoms with Gasteiger partial charge < -0.3 is 19.3 Å². The lowest BCUT2D eigenvalue weighted by Gasteiger charge is -2.09. The quantitative estimate of drug-likeness (QED) is 0.475. The molecule has 0 spiro atoms. The van der Waals surface area contributed by atoms with Gasteiger partial charge in [-0.1, -0.05) is 26.0 Å². The minimum atomic E-state index is -1.06. The van der Waals surface area contributed by atoms with Crippen LogP contribution in [0.2, 0.25) is 0 Å². The van der Waals surface area contributed by atoms with Gasteiger partial charge in [-0.25, -0.2) is 4.79 Å². The number of allylic oxidation sites excluding steroid dienone is 1. The number of hydrogen-bond donors (Lipinski definition) is 1. The third kappa shape index (κ3) is 6.79. The van der Waals surface area contributed by atoms with Crippen molar-refractivity contribution in [2.75, 3.05) is 13.7 Å². The summed E-state index contributed by atoms with van der Waals surface area (Å²) in [5.41, 5.74) is 0.995. The standard InChI is InChI=1S/C18H22O5/c1-13(2)11-23-17(14(3)18(19)20)9-10-22-12-15-5-7-16(21-4)8-6-15/h5-8,13H,11-12H2,1-4H3,(H,19,20)/b17-14+. The summed E-state index contributed by atoms with van der Waals surface area (Å²) in [4.78, 5) is 11.0. The summed E-state index contributed by atoms with van der Waals surface area (Å²) in [6, 6.07) is 7.40. The second-order valence-corrected chi connectivity index (χ2v) is 5.33. The van der Waals surface area contributed by atoms with E-state index in [-0.39, 0.29) is 17.3 Å². The lowest BCUT2D eigenvalue weighted by Crippen LogP contribution is -2.07. The maximum absolute atomic E-state index is 11.0. The Morgan fingerprint density at radius 1 is 1.26 bits per heavy atom. The topological polar surface area (TPSA) is 65.0 Å². The van der Waals surface area contributed by atoms with Gasteiger partial charge in [-0.2, -0.15) is 0 Å². The largest absolute Gasteiger partial charge is 0.497 e. The molecule has 0 saturated heterocycles. The van der Waals surface area contributed by atoms with Gasteiger partial charge in [-0.3, -0.25) is 0 Å². The lowest BCUT2D eigenvalue weighted by molar-refractivity contribution is -0.132. The fourth-order valence-corrected chi connectivity index (χ4v) is 1.51. The van der Waals surface area contributed by atoms with E-state index in [1.807, 2.05) is 38.1 Å². The molecule has 5 heteroatoms. The average Bonchev–Trinajstić information content (AvgIpc) is 2.53. The molecule has 0 aromatic heterocycles. The number of carbonyl (C=O) groups is 1. The summed E-state index contributed by atoms with van der Waals surface area (Å²) in [6.07, 6.45) is 2.49. The van der Waals surface area contributed by atoms with E-state index >= 15 is 0 Å². The smallest absolute Gasteiger partial charge is 0.335 e. The van der Waals surface area contributed by atoms with Gasteiger partial charge in [0.1, 0.15) is 18.5 Å². The minimum absolute atomic E-state index is 0.0613. The third-order valence-electron chi connectivity index (χ3n) is 2.86.